The van der Waals surface area contributed by atoms with E-state index in [1.165, 1.54) is 66.7 Å². The van der Waals surface area contributed by atoms with Gasteiger partial charge in [0.1, 0.15) is 12.3 Å². The fraction of sp³-hybridized carbons (Fsp3) is 0.258. The summed E-state index contributed by atoms with van der Waals surface area (Å²) in [6.07, 6.45) is 1.78. The van der Waals surface area contributed by atoms with Gasteiger partial charge in [0, 0.05) is 22.7 Å². The van der Waals surface area contributed by atoms with Crippen LogP contribution in [0.2, 0.25) is 10.0 Å². The quantitative estimate of drug-likeness (QED) is 0.0754. The standard InChI is InChI=1S/C31H25Cl2N3O8/c1-17-2-12-23-25(14-17)30(40)35(29(23)39)34(28(38)24-13-7-20(32)15-26(24)33)16-27(37)18-5-10-22(11-6-18)44-31(41)19-3-8-21(9-4-19)36(42)43/h3-11,13,15,17,23,25H,2,12,14,16H2,1H3/t17-,23-,25+/m1/s1. The molecule has 3 atom stereocenters. The Labute approximate surface area is 261 Å². The van der Waals surface area contributed by atoms with Gasteiger partial charge in [-0.15, -0.1) is 0 Å². The van der Waals surface area contributed by atoms with E-state index >= 15 is 0 Å². The Hall–Kier alpha value is -4.61. The van der Waals surface area contributed by atoms with E-state index < -0.39 is 52.8 Å². The Morgan fingerprint density at radius 1 is 0.932 bits per heavy atom. The molecule has 3 aromatic carbocycles. The highest BCUT2D eigenvalue weighted by atomic mass is 35.5. The maximum absolute atomic E-state index is 13.8. The number of amides is 3. The number of nitro benzene ring substituents is 1. The molecule has 44 heavy (non-hydrogen) atoms. The van der Waals surface area contributed by atoms with E-state index in [0.29, 0.717) is 12.8 Å². The average Bonchev–Trinajstić information content (AvgIpc) is 3.24. The van der Waals surface area contributed by atoms with Crippen molar-refractivity contribution in [3.05, 3.63) is 104 Å². The van der Waals surface area contributed by atoms with Gasteiger partial charge in [0.25, 0.3) is 23.4 Å². The number of carbonyl (C=O) groups excluding carboxylic acids is 5. The molecule has 1 aliphatic heterocycles. The highest BCUT2D eigenvalue weighted by molar-refractivity contribution is 6.36. The van der Waals surface area contributed by atoms with Crippen molar-refractivity contribution in [1.82, 2.24) is 10.0 Å². The van der Waals surface area contributed by atoms with E-state index in [0.717, 1.165) is 16.4 Å². The van der Waals surface area contributed by atoms with Crippen molar-refractivity contribution in [3.63, 3.8) is 0 Å². The summed E-state index contributed by atoms with van der Waals surface area (Å²) < 4.78 is 5.30. The number of imide groups is 1. The molecule has 226 valence electrons. The van der Waals surface area contributed by atoms with Gasteiger partial charge in [-0.1, -0.05) is 30.1 Å². The van der Waals surface area contributed by atoms with Gasteiger partial charge in [-0.05, 0) is 79.8 Å². The number of fused-ring (bicyclic) bond motifs is 1. The number of halogens is 2. The Kier molecular flexibility index (Phi) is 8.80. The maximum Gasteiger partial charge on any atom is 0.343 e. The second-order valence-corrected chi connectivity index (χ2v) is 11.6. The summed E-state index contributed by atoms with van der Waals surface area (Å²) in [5.74, 6) is -4.08. The normalized spacial score (nSPS) is 19.3. The molecule has 1 saturated heterocycles. The minimum atomic E-state index is -0.818. The van der Waals surface area contributed by atoms with Crippen molar-refractivity contribution in [1.29, 1.82) is 0 Å². The molecule has 11 nitrogen and oxygen atoms in total. The lowest BCUT2D eigenvalue weighted by Gasteiger charge is -2.30. The number of hydrogen-bond donors (Lipinski definition) is 0. The van der Waals surface area contributed by atoms with Crippen molar-refractivity contribution < 1.29 is 33.6 Å². The number of nitrogens with zero attached hydrogens (tertiary/aromatic N) is 3. The first-order chi connectivity index (χ1) is 20.9. The molecular formula is C31H25Cl2N3O8. The molecular weight excluding hydrogens is 613 g/mol. The molecule has 13 heteroatoms. The van der Waals surface area contributed by atoms with Gasteiger partial charge in [0.05, 0.1) is 32.9 Å². The molecule has 0 spiro atoms. The Morgan fingerprint density at radius 3 is 2.20 bits per heavy atom. The van der Waals surface area contributed by atoms with E-state index in [1.807, 2.05) is 6.92 Å². The van der Waals surface area contributed by atoms with Crippen molar-refractivity contribution in [2.24, 2.45) is 17.8 Å². The van der Waals surface area contributed by atoms with Crippen molar-refractivity contribution in [2.45, 2.75) is 26.2 Å². The van der Waals surface area contributed by atoms with Gasteiger partial charge < -0.3 is 4.74 Å². The van der Waals surface area contributed by atoms with Crippen LogP contribution in [-0.4, -0.2) is 51.0 Å². The molecule has 3 amide bonds. The van der Waals surface area contributed by atoms with Crippen LogP contribution in [0.1, 0.15) is 57.3 Å². The van der Waals surface area contributed by atoms with Crippen LogP contribution in [0.3, 0.4) is 0 Å². The highest BCUT2D eigenvalue weighted by Crippen LogP contribution is 2.41. The third kappa shape index (κ3) is 6.20. The summed E-state index contributed by atoms with van der Waals surface area (Å²) in [5.41, 5.74) is -0.0203. The van der Waals surface area contributed by atoms with Crippen molar-refractivity contribution in [2.75, 3.05) is 6.54 Å². The molecule has 5 rings (SSSR count). The number of benzene rings is 3. The molecule has 1 heterocycles. The van der Waals surface area contributed by atoms with Crippen LogP contribution in [0, 0.1) is 27.9 Å². The van der Waals surface area contributed by atoms with Crippen LogP contribution < -0.4 is 4.74 Å². The van der Waals surface area contributed by atoms with Crippen molar-refractivity contribution >= 4 is 58.4 Å². The monoisotopic (exact) mass is 637 g/mol. The summed E-state index contributed by atoms with van der Waals surface area (Å²) in [6.45, 7) is 1.36. The minimum Gasteiger partial charge on any atom is -0.423 e. The number of rotatable bonds is 8. The van der Waals surface area contributed by atoms with Gasteiger partial charge in [0.15, 0.2) is 5.78 Å². The largest absolute Gasteiger partial charge is 0.423 e. The second-order valence-electron chi connectivity index (χ2n) is 10.7. The summed E-state index contributed by atoms with van der Waals surface area (Å²) in [5, 5.41) is 12.7. The number of ketones is 1. The first-order valence-corrected chi connectivity index (χ1v) is 14.4. The zero-order chi connectivity index (χ0) is 31.7. The third-order valence-corrected chi connectivity index (χ3v) is 8.34. The van der Waals surface area contributed by atoms with Crippen molar-refractivity contribution in [3.8, 4) is 5.75 Å². The van der Waals surface area contributed by atoms with Crippen LogP contribution >= 0.6 is 23.2 Å². The predicted octanol–water partition coefficient (Wildman–Crippen LogP) is 5.78. The van der Waals surface area contributed by atoms with E-state index in [2.05, 4.69) is 0 Å². The number of hydrogen-bond acceptors (Lipinski definition) is 8. The number of ether oxygens (including phenoxy) is 1. The summed E-state index contributed by atoms with van der Waals surface area (Å²) in [7, 11) is 0. The topological polar surface area (TPSA) is 144 Å². The first-order valence-electron chi connectivity index (χ1n) is 13.7. The summed E-state index contributed by atoms with van der Waals surface area (Å²) in [6, 6.07) is 14.5. The maximum atomic E-state index is 13.8. The Bertz CT molecular complexity index is 1680. The van der Waals surface area contributed by atoms with E-state index in [4.69, 9.17) is 27.9 Å². The third-order valence-electron chi connectivity index (χ3n) is 7.80. The number of esters is 1. The number of Topliss-reactive ketones (excluding diaryl/α,β-unsaturated/α-hetero) is 1. The molecule has 0 aromatic heterocycles. The molecule has 3 aromatic rings. The number of hydrazine groups is 1. The smallest absolute Gasteiger partial charge is 0.343 e. The lowest BCUT2D eigenvalue weighted by Crippen LogP contribution is -2.52. The molecule has 1 saturated carbocycles. The van der Waals surface area contributed by atoms with Gasteiger partial charge in [-0.3, -0.25) is 29.3 Å². The first kappa shape index (κ1) is 30.8. The van der Waals surface area contributed by atoms with Crippen LogP contribution in [0.15, 0.2) is 66.7 Å². The number of non-ortho nitro benzene ring substituents is 1. The lowest BCUT2D eigenvalue weighted by molar-refractivity contribution is -0.384. The number of nitro groups is 1. The Balaban J connectivity index is 1.37. The number of carbonyl (C=O) groups is 5. The fourth-order valence-corrected chi connectivity index (χ4v) is 5.96. The van der Waals surface area contributed by atoms with Gasteiger partial charge >= 0.3 is 5.97 Å². The van der Waals surface area contributed by atoms with Crippen LogP contribution in [0.25, 0.3) is 0 Å². The predicted molar refractivity (Wildman–Crippen MR) is 158 cm³/mol. The molecule has 2 aliphatic rings. The van der Waals surface area contributed by atoms with E-state index in [-0.39, 0.29) is 44.1 Å². The van der Waals surface area contributed by atoms with E-state index in [9.17, 15) is 34.1 Å². The van der Waals surface area contributed by atoms with Gasteiger partial charge in [-0.2, -0.15) is 5.01 Å². The van der Waals surface area contributed by atoms with Gasteiger partial charge in [-0.25, -0.2) is 9.80 Å². The molecule has 2 fully saturated rings. The van der Waals surface area contributed by atoms with Gasteiger partial charge in [0.2, 0.25) is 0 Å². The lowest BCUT2D eigenvalue weighted by atomic mass is 9.76. The SMILES string of the molecule is C[C@@H]1CC[C@H]2C(=O)N(N(CC(=O)c3ccc(OC(=O)c4ccc([N+](=O)[O-])cc4)cc3)C(=O)c3ccc(Cl)cc3Cl)C(=O)[C@H]2C1. The van der Waals surface area contributed by atoms with E-state index in [1.54, 1.807) is 0 Å². The zero-order valence-electron chi connectivity index (χ0n) is 23.3. The Morgan fingerprint density at radius 2 is 1.57 bits per heavy atom. The fourth-order valence-electron chi connectivity index (χ4n) is 5.47. The summed E-state index contributed by atoms with van der Waals surface area (Å²) in [4.78, 5) is 76.9. The summed E-state index contributed by atoms with van der Waals surface area (Å²) >= 11 is 12.3. The highest BCUT2D eigenvalue weighted by Gasteiger charge is 2.53. The van der Waals surface area contributed by atoms with Crippen LogP contribution in [0.5, 0.6) is 5.75 Å². The molecule has 0 radical (unpaired) electrons. The zero-order valence-corrected chi connectivity index (χ0v) is 24.8. The van der Waals surface area contributed by atoms with Crippen LogP contribution in [-0.2, 0) is 9.59 Å². The average molecular weight is 638 g/mol. The minimum absolute atomic E-state index is 0.00993. The van der Waals surface area contributed by atoms with Crippen LogP contribution in [0.4, 0.5) is 5.69 Å². The molecule has 0 bridgehead atoms. The second kappa shape index (κ2) is 12.6. The molecule has 1 aliphatic carbocycles. The molecule has 0 N–H and O–H groups in total. The molecule has 0 unspecified atom stereocenters.